The van der Waals surface area contributed by atoms with E-state index in [0.29, 0.717) is 0 Å². The molecule has 0 fully saturated rings. The predicted octanol–water partition coefficient (Wildman–Crippen LogP) is 9.14. The molecule has 56 heavy (non-hydrogen) atoms. The van der Waals surface area contributed by atoms with E-state index in [4.69, 9.17) is 0 Å². The zero-order chi connectivity index (χ0) is 39.7. The van der Waals surface area contributed by atoms with Gasteiger partial charge in [0, 0.05) is 5.92 Å². The quantitative estimate of drug-likeness (QED) is 0.130. The van der Waals surface area contributed by atoms with Gasteiger partial charge in [-0.2, -0.15) is 0 Å². The van der Waals surface area contributed by atoms with E-state index in [1.165, 1.54) is 133 Å². The fourth-order valence-electron chi connectivity index (χ4n) is 9.19. The molecule has 0 aromatic heterocycles. The molecule has 0 unspecified atom stereocenters. The maximum absolute atomic E-state index is 4.13. The Bertz CT molecular complexity index is 2040. The molecule has 0 atom stereocenters. The number of rotatable bonds is 9. The van der Waals surface area contributed by atoms with Crippen LogP contribution in [0.25, 0.3) is 33.4 Å². The monoisotopic (exact) mass is 863 g/mol. The molecule has 4 aromatic carbocycles. The van der Waals surface area contributed by atoms with Gasteiger partial charge in [0.1, 0.15) is 0 Å². The van der Waals surface area contributed by atoms with Crippen LogP contribution < -0.4 is 24.8 Å². The Kier molecular flexibility index (Phi) is 16.8. The van der Waals surface area contributed by atoms with E-state index in [1.54, 1.807) is 27.4 Å². The summed E-state index contributed by atoms with van der Waals surface area (Å²) < 4.78 is 1.79. The van der Waals surface area contributed by atoms with Crippen LogP contribution in [0.3, 0.4) is 0 Å². The van der Waals surface area contributed by atoms with Crippen molar-refractivity contribution < 1.29 is 49.0 Å². The molecule has 0 N–H and O–H groups in total. The Morgan fingerprint density at radius 2 is 1.12 bits per heavy atom. The van der Waals surface area contributed by atoms with Crippen LogP contribution in [0.5, 0.6) is 0 Å². The minimum atomic E-state index is -0.0596. The first-order chi connectivity index (χ1) is 25.4. The number of fused-ring (bicyclic) bond motifs is 3. The van der Waals surface area contributed by atoms with Crippen LogP contribution in [-0.2, 0) is 41.5 Å². The van der Waals surface area contributed by atoms with Gasteiger partial charge in [-0.1, -0.05) is 141 Å². The summed E-state index contributed by atoms with van der Waals surface area (Å²) in [7, 11) is 0. The molecule has 0 radical (unpaired) electrons. The molecule has 0 aliphatic heterocycles. The molecule has 0 amide bonds. The molecule has 2 aliphatic rings. The van der Waals surface area contributed by atoms with Crippen molar-refractivity contribution in [1.29, 1.82) is 0 Å². The summed E-state index contributed by atoms with van der Waals surface area (Å²) in [5.74, 6) is 0.252. The van der Waals surface area contributed by atoms with E-state index in [2.05, 4.69) is 164 Å². The maximum atomic E-state index is 4.13. The van der Waals surface area contributed by atoms with Gasteiger partial charge >= 0.3 is 79.8 Å². The van der Waals surface area contributed by atoms with Crippen LogP contribution in [0.1, 0.15) is 161 Å². The number of halogens is 2. The summed E-state index contributed by atoms with van der Waals surface area (Å²) in [4.78, 5) is 0. The standard InChI is InChI=1S/C44H49.C9H18.2ClH.Zr/c1-25-17-27(3)38(28(4)18-25)35-22-32-21-33-23-36(39-29(5)19-26(2)20-30(39)6)42(44(10,11)12)41(31-15-13-14-16-31)40(33)34(32)24-37(35)43(7,8)9;1-3-5-7-9-8-6-4-2;;;/h13-20,22,24,31H,21H2,1-12H3;3-8H2,1-2H3;2*1H;/q-1;;;;+2/p-2. The van der Waals surface area contributed by atoms with Crippen LogP contribution in [0, 0.1) is 47.6 Å². The van der Waals surface area contributed by atoms with Gasteiger partial charge in [-0.3, -0.25) is 0 Å². The smallest absolute Gasteiger partial charge is 0.00436 e. The van der Waals surface area contributed by atoms with Gasteiger partial charge < -0.3 is 24.8 Å². The first kappa shape index (κ1) is 48.1. The third-order valence-electron chi connectivity index (χ3n) is 11.4. The average molecular weight is 866 g/mol. The maximum Gasteiger partial charge on any atom is 0.00436 e. The number of aryl methyl sites for hydroxylation is 6. The normalized spacial score (nSPS) is 13.1. The summed E-state index contributed by atoms with van der Waals surface area (Å²) in [6.45, 7) is 32.3. The predicted molar refractivity (Wildman–Crippen MR) is 235 cm³/mol. The van der Waals surface area contributed by atoms with Crippen molar-refractivity contribution in [2.75, 3.05) is 0 Å². The number of hydrogen-bond donors (Lipinski definition) is 0. The number of allylic oxidation sites excluding steroid dienone is 4. The molecule has 0 saturated carbocycles. The van der Waals surface area contributed by atoms with Crippen molar-refractivity contribution in [2.24, 2.45) is 0 Å². The number of hydrogen-bond acceptors (Lipinski definition) is 0. The molecule has 0 saturated heterocycles. The summed E-state index contributed by atoms with van der Waals surface area (Å²) in [6, 6.07) is 18.6. The molecular weight excluding hydrogens is 799 g/mol. The molecule has 4 aromatic rings. The van der Waals surface area contributed by atoms with Crippen LogP contribution in [0.15, 0.2) is 60.7 Å². The van der Waals surface area contributed by atoms with Gasteiger partial charge in [0.05, 0.1) is 0 Å². The molecule has 0 heterocycles. The number of benzene rings is 4. The molecule has 298 valence electrons. The Balaban J connectivity index is 0.000000620. The summed E-state index contributed by atoms with van der Waals surface area (Å²) >= 11 is 1.67. The molecule has 2 aliphatic carbocycles. The van der Waals surface area contributed by atoms with Gasteiger partial charge in [0.2, 0.25) is 0 Å². The van der Waals surface area contributed by atoms with E-state index in [-0.39, 0.29) is 41.6 Å². The first-order valence-electron chi connectivity index (χ1n) is 20.7. The Morgan fingerprint density at radius 3 is 1.57 bits per heavy atom. The van der Waals surface area contributed by atoms with Crippen LogP contribution in [-0.4, -0.2) is 3.21 Å². The molecular formula is C53H67Cl2Zr-. The van der Waals surface area contributed by atoms with E-state index < -0.39 is 0 Å². The second kappa shape index (κ2) is 19.6. The van der Waals surface area contributed by atoms with Crippen molar-refractivity contribution in [3.8, 4) is 33.4 Å². The van der Waals surface area contributed by atoms with Gasteiger partial charge in [-0.05, 0) is 92.2 Å². The second-order valence-electron chi connectivity index (χ2n) is 18.5. The van der Waals surface area contributed by atoms with Crippen molar-refractivity contribution >= 4 is 3.21 Å². The summed E-state index contributed by atoms with van der Waals surface area (Å²) in [5.41, 5.74) is 23.4. The summed E-state index contributed by atoms with van der Waals surface area (Å²) in [6.07, 6.45) is 18.5. The van der Waals surface area contributed by atoms with E-state index >= 15 is 0 Å². The third-order valence-corrected chi connectivity index (χ3v) is 12.7. The van der Waals surface area contributed by atoms with Crippen molar-refractivity contribution in [3.63, 3.8) is 0 Å². The minimum Gasteiger partial charge on any atom is -1.00 e. The zero-order valence-electron chi connectivity index (χ0n) is 37.1. The van der Waals surface area contributed by atoms with Gasteiger partial charge in [0.15, 0.2) is 0 Å². The molecule has 0 bridgehead atoms. The van der Waals surface area contributed by atoms with Crippen LogP contribution in [0.4, 0.5) is 0 Å². The van der Waals surface area contributed by atoms with E-state index in [1.807, 2.05) is 0 Å². The summed E-state index contributed by atoms with van der Waals surface area (Å²) in [5, 5.41) is 0. The van der Waals surface area contributed by atoms with Gasteiger partial charge in [-0.25, -0.2) is 0 Å². The third kappa shape index (κ3) is 10.5. The molecule has 0 spiro atoms. The second-order valence-corrected chi connectivity index (χ2v) is 20.3. The zero-order valence-corrected chi connectivity index (χ0v) is 41.0. The van der Waals surface area contributed by atoms with E-state index in [0.717, 1.165) is 6.42 Å². The topological polar surface area (TPSA) is 0 Å². The van der Waals surface area contributed by atoms with Crippen molar-refractivity contribution in [3.05, 3.63) is 128 Å². The van der Waals surface area contributed by atoms with Crippen LogP contribution in [0.2, 0.25) is 0 Å². The average Bonchev–Trinajstić information content (AvgIpc) is 3.72. The van der Waals surface area contributed by atoms with Gasteiger partial charge in [0.25, 0.3) is 0 Å². The Hall–Kier alpha value is -2.31. The first-order valence-corrected chi connectivity index (χ1v) is 22.0. The molecule has 3 heteroatoms. The number of unbranched alkanes of at least 4 members (excludes halogenated alkanes) is 2. The minimum absolute atomic E-state index is 0. The SMILES string of the molecule is CCCC[C](=[Zr+2])CCCC.Cc1cc(C)c(-c2[c-]c3c(c(C4C=CC=C4)c2C(C)(C)C)-c2cc(C(C)(C)C)c(-c4c(C)cc(C)cc4C)cc2C3)c(C)c1.[Cl-].[Cl-]. The Labute approximate surface area is 369 Å². The largest absolute Gasteiger partial charge is 1.00 e. The fourth-order valence-corrected chi connectivity index (χ4v) is 10.1. The van der Waals surface area contributed by atoms with Crippen molar-refractivity contribution in [1.82, 2.24) is 0 Å². The Morgan fingerprint density at radius 1 is 0.643 bits per heavy atom. The molecule has 0 nitrogen and oxygen atoms in total. The fraction of sp³-hybridized carbons (Fsp3) is 0.453. The van der Waals surface area contributed by atoms with Crippen LogP contribution >= 0.6 is 0 Å². The van der Waals surface area contributed by atoms with Gasteiger partial charge in [-0.15, -0.1) is 28.3 Å². The van der Waals surface area contributed by atoms with E-state index in [9.17, 15) is 0 Å². The van der Waals surface area contributed by atoms with Crippen molar-refractivity contribution in [2.45, 2.75) is 159 Å². The molecule has 6 rings (SSSR count).